The van der Waals surface area contributed by atoms with Crippen molar-refractivity contribution in [3.05, 3.63) is 35.9 Å². The van der Waals surface area contributed by atoms with Gasteiger partial charge >= 0.3 is 6.03 Å². The third-order valence-electron chi connectivity index (χ3n) is 5.54. The van der Waals surface area contributed by atoms with E-state index >= 15 is 0 Å². The Morgan fingerprint density at radius 2 is 2.04 bits per heavy atom. The summed E-state index contributed by atoms with van der Waals surface area (Å²) in [6.07, 6.45) is 3.75. The van der Waals surface area contributed by atoms with E-state index in [4.69, 9.17) is 0 Å². The molecule has 3 atom stereocenters. The number of carbonyl (C=O) groups excluding carboxylic acids is 1. The van der Waals surface area contributed by atoms with Crippen LogP contribution in [0.15, 0.2) is 30.3 Å². The Kier molecular flexibility index (Phi) is 5.97. The van der Waals surface area contributed by atoms with E-state index in [-0.39, 0.29) is 18.2 Å². The van der Waals surface area contributed by atoms with Crippen LogP contribution < -0.4 is 5.32 Å². The van der Waals surface area contributed by atoms with Crippen molar-refractivity contribution in [2.24, 2.45) is 5.92 Å². The molecule has 2 aliphatic rings. The number of carbonyl (C=O) groups is 1. The summed E-state index contributed by atoms with van der Waals surface area (Å²) in [7, 11) is 1.77. The topological polar surface area (TPSA) is 55.8 Å². The molecule has 1 aromatic carbocycles. The van der Waals surface area contributed by atoms with Crippen LogP contribution in [0.3, 0.4) is 0 Å². The molecule has 25 heavy (non-hydrogen) atoms. The van der Waals surface area contributed by atoms with E-state index in [0.29, 0.717) is 18.5 Å². The average molecular weight is 345 g/mol. The number of benzene rings is 1. The number of nitrogens with one attached hydrogen (secondary N) is 1. The highest BCUT2D eigenvalue weighted by Gasteiger charge is 2.32. The fraction of sp³-hybridized carbons (Fsp3) is 0.650. The smallest absolute Gasteiger partial charge is 0.317 e. The van der Waals surface area contributed by atoms with Gasteiger partial charge in [-0.2, -0.15) is 0 Å². The summed E-state index contributed by atoms with van der Waals surface area (Å²) < 4.78 is 0. The van der Waals surface area contributed by atoms with Crippen molar-refractivity contribution in [3.8, 4) is 0 Å². The van der Waals surface area contributed by atoms with E-state index in [1.54, 1.807) is 11.9 Å². The number of nitrogens with zero attached hydrogens (tertiary/aromatic N) is 2. The van der Waals surface area contributed by atoms with Gasteiger partial charge in [-0.25, -0.2) is 4.79 Å². The molecule has 2 N–H and O–H groups in total. The fourth-order valence-corrected chi connectivity index (χ4v) is 3.68. The van der Waals surface area contributed by atoms with Crippen molar-refractivity contribution in [2.45, 2.75) is 57.3 Å². The molecular formula is C20H31N3O2. The first kappa shape index (κ1) is 18.2. The van der Waals surface area contributed by atoms with Crippen molar-refractivity contribution < 1.29 is 9.90 Å². The highest BCUT2D eigenvalue weighted by molar-refractivity contribution is 5.74. The normalized spacial score (nSPS) is 25.4. The second-order valence-electron chi connectivity index (χ2n) is 7.76. The van der Waals surface area contributed by atoms with Crippen LogP contribution in [0.5, 0.6) is 0 Å². The number of likely N-dealkylation sites (N-methyl/N-ethyl adjacent to an activating group) is 1. The molecule has 2 fully saturated rings. The lowest BCUT2D eigenvalue weighted by Crippen LogP contribution is -2.51. The van der Waals surface area contributed by atoms with E-state index in [1.807, 2.05) is 6.07 Å². The predicted octanol–water partition coefficient (Wildman–Crippen LogP) is 2.45. The van der Waals surface area contributed by atoms with Crippen LogP contribution in [0.25, 0.3) is 0 Å². The lowest BCUT2D eigenvalue weighted by atomic mass is 9.97. The Morgan fingerprint density at radius 1 is 1.32 bits per heavy atom. The molecule has 138 valence electrons. The molecule has 5 nitrogen and oxygen atoms in total. The molecule has 0 spiro atoms. The number of piperidine rings is 1. The Hall–Kier alpha value is -1.59. The van der Waals surface area contributed by atoms with Gasteiger partial charge in [-0.1, -0.05) is 30.3 Å². The molecule has 1 aromatic rings. The quantitative estimate of drug-likeness (QED) is 0.833. The highest BCUT2D eigenvalue weighted by Crippen LogP contribution is 2.32. The summed E-state index contributed by atoms with van der Waals surface area (Å²) in [5, 5.41) is 13.2. The van der Waals surface area contributed by atoms with Gasteiger partial charge in [0.1, 0.15) is 0 Å². The first-order valence-electron chi connectivity index (χ1n) is 9.50. The molecule has 1 saturated carbocycles. The van der Waals surface area contributed by atoms with Crippen LogP contribution in [0.4, 0.5) is 4.79 Å². The minimum Gasteiger partial charge on any atom is -0.391 e. The summed E-state index contributed by atoms with van der Waals surface area (Å²) in [6.45, 7) is 4.63. The first-order chi connectivity index (χ1) is 12.0. The second-order valence-corrected chi connectivity index (χ2v) is 7.76. The van der Waals surface area contributed by atoms with Crippen molar-refractivity contribution >= 4 is 6.03 Å². The van der Waals surface area contributed by atoms with Gasteiger partial charge in [-0.3, -0.25) is 4.90 Å². The SMILES string of the molecule is CC1CC(NC(=O)N(C)CC(O)C2CC2)CCN1Cc1ccccc1. The molecule has 1 aliphatic carbocycles. The summed E-state index contributed by atoms with van der Waals surface area (Å²) in [5.74, 6) is 0.400. The van der Waals surface area contributed by atoms with Gasteiger partial charge in [0.25, 0.3) is 0 Å². The minimum absolute atomic E-state index is 0.0617. The summed E-state index contributed by atoms with van der Waals surface area (Å²) in [6, 6.07) is 11.1. The zero-order chi connectivity index (χ0) is 17.8. The zero-order valence-electron chi connectivity index (χ0n) is 15.4. The van der Waals surface area contributed by atoms with E-state index in [1.165, 1.54) is 5.56 Å². The van der Waals surface area contributed by atoms with Crippen molar-refractivity contribution in [2.75, 3.05) is 20.1 Å². The Balaban J connectivity index is 1.43. The van der Waals surface area contributed by atoms with Crippen LogP contribution in [-0.2, 0) is 6.54 Å². The van der Waals surface area contributed by atoms with E-state index < -0.39 is 0 Å². The van der Waals surface area contributed by atoms with Crippen molar-refractivity contribution in [1.82, 2.24) is 15.1 Å². The molecule has 1 aliphatic heterocycles. The number of hydrogen-bond donors (Lipinski definition) is 2. The molecule has 3 rings (SSSR count). The molecule has 0 bridgehead atoms. The number of aliphatic hydroxyl groups is 1. The standard InChI is InChI=1S/C20H31N3O2/c1-15-12-18(10-11-23(15)13-16-6-4-3-5-7-16)21-20(25)22(2)14-19(24)17-8-9-17/h3-7,15,17-19,24H,8-14H2,1-2H3,(H,21,25). The maximum atomic E-state index is 12.4. The van der Waals surface area contributed by atoms with Crippen LogP contribution in [-0.4, -0.2) is 59.3 Å². The number of likely N-dealkylation sites (tertiary alicyclic amines) is 1. The molecule has 1 saturated heterocycles. The summed E-state index contributed by atoms with van der Waals surface area (Å²) in [5.41, 5.74) is 1.34. The number of urea groups is 1. The van der Waals surface area contributed by atoms with Crippen LogP contribution >= 0.6 is 0 Å². The van der Waals surface area contributed by atoms with Gasteiger partial charge < -0.3 is 15.3 Å². The Labute approximate surface area is 151 Å². The molecule has 3 unspecified atom stereocenters. The molecule has 1 heterocycles. The van der Waals surface area contributed by atoms with E-state index in [9.17, 15) is 9.90 Å². The number of hydrogen-bond acceptors (Lipinski definition) is 3. The second kappa shape index (κ2) is 8.19. The molecule has 2 amide bonds. The van der Waals surface area contributed by atoms with Crippen LogP contribution in [0.1, 0.15) is 38.2 Å². The maximum Gasteiger partial charge on any atom is 0.317 e. The lowest BCUT2D eigenvalue weighted by molar-refractivity contribution is 0.105. The van der Waals surface area contributed by atoms with Gasteiger partial charge in [0.05, 0.1) is 6.10 Å². The van der Waals surface area contributed by atoms with Gasteiger partial charge in [0.15, 0.2) is 0 Å². The fourth-order valence-electron chi connectivity index (χ4n) is 3.68. The zero-order valence-corrected chi connectivity index (χ0v) is 15.4. The van der Waals surface area contributed by atoms with Gasteiger partial charge in [0.2, 0.25) is 0 Å². The molecule has 5 heteroatoms. The van der Waals surface area contributed by atoms with Gasteiger partial charge in [0, 0.05) is 38.8 Å². The van der Waals surface area contributed by atoms with Gasteiger partial charge in [-0.15, -0.1) is 0 Å². The predicted molar refractivity (Wildman–Crippen MR) is 99.2 cm³/mol. The first-order valence-corrected chi connectivity index (χ1v) is 9.50. The average Bonchev–Trinajstić information content (AvgIpc) is 3.43. The monoisotopic (exact) mass is 345 g/mol. The largest absolute Gasteiger partial charge is 0.391 e. The van der Waals surface area contributed by atoms with Crippen molar-refractivity contribution in [3.63, 3.8) is 0 Å². The highest BCUT2D eigenvalue weighted by atomic mass is 16.3. The van der Waals surface area contributed by atoms with E-state index in [0.717, 1.165) is 38.8 Å². The maximum absolute atomic E-state index is 12.4. The van der Waals surface area contributed by atoms with E-state index in [2.05, 4.69) is 41.4 Å². The molecule has 0 radical (unpaired) electrons. The molecule has 0 aromatic heterocycles. The third-order valence-corrected chi connectivity index (χ3v) is 5.54. The summed E-state index contributed by atoms with van der Waals surface area (Å²) >= 11 is 0. The Morgan fingerprint density at radius 3 is 2.68 bits per heavy atom. The third kappa shape index (κ3) is 5.19. The van der Waals surface area contributed by atoms with Gasteiger partial charge in [-0.05, 0) is 44.1 Å². The Bertz CT molecular complexity index is 561. The van der Waals surface area contributed by atoms with Crippen molar-refractivity contribution in [1.29, 1.82) is 0 Å². The number of aliphatic hydroxyl groups excluding tert-OH is 1. The number of rotatable bonds is 6. The van der Waals surface area contributed by atoms with Crippen LogP contribution in [0, 0.1) is 5.92 Å². The summed E-state index contributed by atoms with van der Waals surface area (Å²) in [4.78, 5) is 16.5. The molecular weight excluding hydrogens is 314 g/mol. The van der Waals surface area contributed by atoms with Crippen LogP contribution in [0.2, 0.25) is 0 Å². The lowest BCUT2D eigenvalue weighted by Gasteiger charge is -2.38. The minimum atomic E-state index is -0.373. The number of amides is 2.